The number of carbonyl (C=O) groups excluding carboxylic acids is 1. The van der Waals surface area contributed by atoms with E-state index in [1.807, 2.05) is 17.9 Å². The van der Waals surface area contributed by atoms with E-state index in [9.17, 15) is 21.6 Å². The molecule has 2 aromatic carbocycles. The molecule has 2 aromatic rings. The Bertz CT molecular complexity index is 1190. The molecule has 9 heteroatoms. The van der Waals surface area contributed by atoms with Crippen molar-refractivity contribution in [2.45, 2.75) is 54.8 Å². The molecule has 0 spiro atoms. The van der Waals surface area contributed by atoms with Crippen LogP contribution in [0.15, 0.2) is 53.4 Å². The summed E-state index contributed by atoms with van der Waals surface area (Å²) >= 11 is 0. The number of amides is 1. The Labute approximate surface area is 183 Å². The number of benzene rings is 2. The zero-order valence-corrected chi connectivity index (χ0v) is 19.1. The lowest BCUT2D eigenvalue weighted by Crippen LogP contribution is -2.49. The fourth-order valence-corrected chi connectivity index (χ4v) is 6.94. The molecule has 1 amide bonds. The van der Waals surface area contributed by atoms with Gasteiger partial charge in [-0.15, -0.1) is 0 Å². The summed E-state index contributed by atoms with van der Waals surface area (Å²) < 4.78 is 51.7. The van der Waals surface area contributed by atoms with E-state index in [2.05, 4.69) is 4.72 Å². The first kappa shape index (κ1) is 21.8. The third kappa shape index (κ3) is 4.48. The number of sulfone groups is 1. The Morgan fingerprint density at radius 3 is 2.13 bits per heavy atom. The van der Waals surface area contributed by atoms with Crippen LogP contribution < -0.4 is 4.72 Å². The van der Waals surface area contributed by atoms with Gasteiger partial charge in [0, 0.05) is 29.6 Å². The molecule has 7 nitrogen and oxygen atoms in total. The first-order chi connectivity index (χ1) is 14.5. The van der Waals surface area contributed by atoms with Crippen molar-refractivity contribution < 1.29 is 21.6 Å². The molecule has 2 heterocycles. The SMILES string of the molecule is Cc1cccc(S(=O)(=O)Nc2ccc(C(=O)N3C4CCC3CC(S(C)(=O)=O)C4)cc2)c1. The van der Waals surface area contributed by atoms with Gasteiger partial charge in [0.25, 0.3) is 15.9 Å². The normalized spacial score (nSPS) is 23.5. The van der Waals surface area contributed by atoms with Crippen LogP contribution in [-0.4, -0.2) is 51.2 Å². The highest BCUT2D eigenvalue weighted by atomic mass is 32.2. The fourth-order valence-electron chi connectivity index (χ4n) is 4.63. The van der Waals surface area contributed by atoms with Crippen LogP contribution in [0.1, 0.15) is 41.6 Å². The molecule has 2 unspecified atom stereocenters. The number of fused-ring (bicyclic) bond motifs is 2. The van der Waals surface area contributed by atoms with Gasteiger partial charge in [-0.2, -0.15) is 0 Å². The van der Waals surface area contributed by atoms with Crippen LogP contribution in [-0.2, 0) is 19.9 Å². The molecule has 2 fully saturated rings. The topological polar surface area (TPSA) is 101 Å². The average molecular weight is 463 g/mol. The summed E-state index contributed by atoms with van der Waals surface area (Å²) in [5, 5.41) is -0.382. The molecular weight excluding hydrogens is 436 g/mol. The lowest BCUT2D eigenvalue weighted by atomic mass is 10.0. The largest absolute Gasteiger partial charge is 0.333 e. The van der Waals surface area contributed by atoms with Gasteiger partial charge < -0.3 is 4.90 Å². The summed E-state index contributed by atoms with van der Waals surface area (Å²) in [4.78, 5) is 15.1. The molecule has 0 radical (unpaired) electrons. The molecule has 0 aromatic heterocycles. The van der Waals surface area contributed by atoms with E-state index in [-0.39, 0.29) is 28.1 Å². The fraction of sp³-hybridized carbons (Fsp3) is 0.409. The lowest BCUT2D eigenvalue weighted by Gasteiger charge is -2.38. The first-order valence-corrected chi connectivity index (χ1v) is 13.7. The van der Waals surface area contributed by atoms with Gasteiger partial charge in [0.05, 0.1) is 10.1 Å². The molecule has 1 N–H and O–H groups in total. The van der Waals surface area contributed by atoms with Gasteiger partial charge in [-0.1, -0.05) is 12.1 Å². The molecule has 2 aliphatic heterocycles. The van der Waals surface area contributed by atoms with Gasteiger partial charge in [0.15, 0.2) is 0 Å². The van der Waals surface area contributed by atoms with Crippen molar-refractivity contribution in [3.05, 3.63) is 59.7 Å². The van der Waals surface area contributed by atoms with Crippen molar-refractivity contribution in [2.24, 2.45) is 0 Å². The van der Waals surface area contributed by atoms with Gasteiger partial charge in [-0.05, 0) is 74.6 Å². The second-order valence-electron chi connectivity index (χ2n) is 8.52. The number of piperidine rings is 1. The number of rotatable bonds is 5. The lowest BCUT2D eigenvalue weighted by molar-refractivity contribution is 0.0598. The number of nitrogens with one attached hydrogen (secondary N) is 1. The Hall–Kier alpha value is -2.39. The molecule has 0 aliphatic carbocycles. The molecule has 2 bridgehead atoms. The maximum absolute atomic E-state index is 13.1. The van der Waals surface area contributed by atoms with Gasteiger partial charge >= 0.3 is 0 Å². The number of carbonyl (C=O) groups is 1. The van der Waals surface area contributed by atoms with Gasteiger partial charge in [0.1, 0.15) is 9.84 Å². The first-order valence-electron chi connectivity index (χ1n) is 10.3. The van der Waals surface area contributed by atoms with Crippen LogP contribution in [0.4, 0.5) is 5.69 Å². The highest BCUT2D eigenvalue weighted by Crippen LogP contribution is 2.39. The molecule has 2 saturated heterocycles. The molecule has 4 rings (SSSR count). The van der Waals surface area contributed by atoms with E-state index in [0.29, 0.717) is 24.1 Å². The molecular formula is C22H26N2O5S2. The summed E-state index contributed by atoms with van der Waals surface area (Å²) in [5.74, 6) is -0.132. The number of sulfonamides is 1. The molecule has 2 atom stereocenters. The highest BCUT2D eigenvalue weighted by Gasteiger charge is 2.45. The summed E-state index contributed by atoms with van der Waals surface area (Å²) in [7, 11) is -6.84. The van der Waals surface area contributed by atoms with E-state index in [1.165, 1.54) is 12.3 Å². The van der Waals surface area contributed by atoms with Gasteiger partial charge in [-0.25, -0.2) is 16.8 Å². The van der Waals surface area contributed by atoms with Crippen molar-refractivity contribution in [1.82, 2.24) is 4.90 Å². The Morgan fingerprint density at radius 2 is 1.58 bits per heavy atom. The number of hydrogen-bond acceptors (Lipinski definition) is 5. The number of nitrogens with zero attached hydrogens (tertiary/aromatic N) is 1. The van der Waals surface area contributed by atoms with Crippen LogP contribution >= 0.6 is 0 Å². The molecule has 166 valence electrons. The van der Waals surface area contributed by atoms with E-state index >= 15 is 0 Å². The second-order valence-corrected chi connectivity index (χ2v) is 12.5. The van der Waals surface area contributed by atoms with E-state index in [4.69, 9.17) is 0 Å². The van der Waals surface area contributed by atoms with Crippen LogP contribution in [0.5, 0.6) is 0 Å². The van der Waals surface area contributed by atoms with Crippen LogP contribution in [0.2, 0.25) is 0 Å². The molecule has 31 heavy (non-hydrogen) atoms. The summed E-state index contributed by atoms with van der Waals surface area (Å²) in [6.07, 6.45) is 3.86. The Morgan fingerprint density at radius 1 is 0.968 bits per heavy atom. The van der Waals surface area contributed by atoms with Crippen molar-refractivity contribution >= 4 is 31.5 Å². The summed E-state index contributed by atoms with van der Waals surface area (Å²) in [5.41, 5.74) is 1.68. The highest BCUT2D eigenvalue weighted by molar-refractivity contribution is 7.92. The predicted molar refractivity (Wildman–Crippen MR) is 119 cm³/mol. The quantitative estimate of drug-likeness (QED) is 0.736. The number of aryl methyl sites for hydroxylation is 1. The maximum atomic E-state index is 13.1. The standard InChI is InChI=1S/C22H26N2O5S2/c1-15-4-3-5-20(12-15)31(28,29)23-17-8-6-16(7-9-17)22(25)24-18-10-11-19(24)14-21(13-18)30(2,26)27/h3-9,12,18-19,21,23H,10-11,13-14H2,1-2H3. The van der Waals surface area contributed by atoms with Crippen LogP contribution in [0.3, 0.4) is 0 Å². The average Bonchev–Trinajstić information content (AvgIpc) is 2.96. The predicted octanol–water partition coefficient (Wildman–Crippen LogP) is 2.98. The van der Waals surface area contributed by atoms with Crippen molar-refractivity contribution in [3.63, 3.8) is 0 Å². The summed E-state index contributed by atoms with van der Waals surface area (Å²) in [6.45, 7) is 1.82. The minimum Gasteiger partial charge on any atom is -0.333 e. The minimum atomic E-state index is -3.72. The van der Waals surface area contributed by atoms with Crippen molar-refractivity contribution in [1.29, 1.82) is 0 Å². The van der Waals surface area contributed by atoms with Gasteiger partial charge in [-0.3, -0.25) is 9.52 Å². The zero-order valence-electron chi connectivity index (χ0n) is 17.5. The summed E-state index contributed by atoms with van der Waals surface area (Å²) in [6, 6.07) is 12.9. The minimum absolute atomic E-state index is 0.0644. The van der Waals surface area contributed by atoms with Crippen molar-refractivity contribution in [3.8, 4) is 0 Å². The smallest absolute Gasteiger partial charge is 0.261 e. The second kappa shape index (κ2) is 7.94. The third-order valence-corrected chi connectivity index (χ3v) is 9.19. The molecule has 2 aliphatic rings. The van der Waals surface area contributed by atoms with Crippen LogP contribution in [0.25, 0.3) is 0 Å². The monoisotopic (exact) mass is 462 g/mol. The Balaban J connectivity index is 1.48. The van der Waals surface area contributed by atoms with Gasteiger partial charge in [0.2, 0.25) is 0 Å². The molecule has 0 saturated carbocycles. The maximum Gasteiger partial charge on any atom is 0.261 e. The van der Waals surface area contributed by atoms with E-state index in [0.717, 1.165) is 18.4 Å². The van der Waals surface area contributed by atoms with E-state index in [1.54, 1.807) is 36.4 Å². The number of anilines is 1. The van der Waals surface area contributed by atoms with E-state index < -0.39 is 19.9 Å². The third-order valence-electron chi connectivity index (χ3n) is 6.21. The number of hydrogen-bond donors (Lipinski definition) is 1. The Kier molecular flexibility index (Phi) is 5.59. The zero-order chi connectivity index (χ0) is 22.4. The van der Waals surface area contributed by atoms with Crippen LogP contribution in [0, 0.1) is 6.92 Å². The van der Waals surface area contributed by atoms with Crippen molar-refractivity contribution in [2.75, 3.05) is 11.0 Å².